The zero-order valence-corrected chi connectivity index (χ0v) is 14.3. The smallest absolute Gasteiger partial charge is 0.129 e. The standard InChI is InChI=1S/C16H27ClN2O2/c1-13(2)15-10-14(12-17)11-16(18-15)19(7-9-21-4)6-5-8-20-3/h10-11,13H,5-9,12H2,1-4H3. The third-order valence-corrected chi connectivity index (χ3v) is 3.61. The van der Waals surface area contributed by atoms with E-state index in [0.717, 1.165) is 43.2 Å². The number of aromatic nitrogens is 1. The molecule has 0 bridgehead atoms. The van der Waals surface area contributed by atoms with Gasteiger partial charge in [0.05, 0.1) is 6.61 Å². The van der Waals surface area contributed by atoms with Crippen molar-refractivity contribution in [1.82, 2.24) is 4.98 Å². The molecule has 120 valence electrons. The molecule has 1 aromatic heterocycles. The molecule has 0 saturated heterocycles. The molecule has 0 fully saturated rings. The predicted octanol–water partition coefficient (Wildman–Crippen LogP) is 3.43. The zero-order valence-electron chi connectivity index (χ0n) is 13.6. The highest BCUT2D eigenvalue weighted by Gasteiger charge is 2.12. The van der Waals surface area contributed by atoms with Gasteiger partial charge in [0.1, 0.15) is 5.82 Å². The highest BCUT2D eigenvalue weighted by molar-refractivity contribution is 6.17. The van der Waals surface area contributed by atoms with Crippen molar-refractivity contribution in [2.24, 2.45) is 0 Å². The van der Waals surface area contributed by atoms with Gasteiger partial charge in [-0.05, 0) is 30.0 Å². The minimum Gasteiger partial charge on any atom is -0.385 e. The van der Waals surface area contributed by atoms with Gasteiger partial charge in [-0.1, -0.05) is 13.8 Å². The molecular weight excluding hydrogens is 288 g/mol. The molecule has 0 saturated carbocycles. The van der Waals surface area contributed by atoms with Gasteiger partial charge in [-0.2, -0.15) is 0 Å². The third kappa shape index (κ3) is 6.20. The van der Waals surface area contributed by atoms with Crippen molar-refractivity contribution in [3.05, 3.63) is 23.4 Å². The number of nitrogens with zero attached hydrogens (tertiary/aromatic N) is 2. The molecule has 0 aromatic carbocycles. The van der Waals surface area contributed by atoms with Crippen molar-refractivity contribution in [2.45, 2.75) is 32.1 Å². The van der Waals surface area contributed by atoms with Crippen LogP contribution in [0.25, 0.3) is 0 Å². The Morgan fingerprint density at radius 1 is 1.14 bits per heavy atom. The van der Waals surface area contributed by atoms with E-state index in [0.29, 0.717) is 18.4 Å². The summed E-state index contributed by atoms with van der Waals surface area (Å²) in [6, 6.07) is 4.16. The van der Waals surface area contributed by atoms with Crippen molar-refractivity contribution >= 4 is 17.4 Å². The first-order valence-corrected chi connectivity index (χ1v) is 7.95. The number of ether oxygens (including phenoxy) is 2. The number of anilines is 1. The van der Waals surface area contributed by atoms with Gasteiger partial charge in [-0.15, -0.1) is 11.6 Å². The van der Waals surface area contributed by atoms with Gasteiger partial charge in [0, 0.05) is 45.5 Å². The second kappa shape index (κ2) is 9.98. The summed E-state index contributed by atoms with van der Waals surface area (Å²) in [5, 5.41) is 0. The van der Waals surface area contributed by atoms with Gasteiger partial charge >= 0.3 is 0 Å². The number of alkyl halides is 1. The Labute approximate surface area is 133 Å². The van der Waals surface area contributed by atoms with Crippen LogP contribution in [-0.4, -0.2) is 45.5 Å². The fourth-order valence-corrected chi connectivity index (χ4v) is 2.23. The Morgan fingerprint density at radius 3 is 2.43 bits per heavy atom. The first kappa shape index (κ1) is 18.2. The van der Waals surface area contributed by atoms with Crippen molar-refractivity contribution in [3.63, 3.8) is 0 Å². The summed E-state index contributed by atoms with van der Waals surface area (Å²) in [5.41, 5.74) is 2.19. The maximum Gasteiger partial charge on any atom is 0.129 e. The first-order valence-electron chi connectivity index (χ1n) is 7.42. The van der Waals surface area contributed by atoms with Gasteiger partial charge < -0.3 is 14.4 Å². The lowest BCUT2D eigenvalue weighted by Crippen LogP contribution is -2.30. The topological polar surface area (TPSA) is 34.6 Å². The average molecular weight is 315 g/mol. The van der Waals surface area contributed by atoms with E-state index in [-0.39, 0.29) is 0 Å². The Bertz CT molecular complexity index is 413. The van der Waals surface area contributed by atoms with Gasteiger partial charge in [-0.25, -0.2) is 4.98 Å². The summed E-state index contributed by atoms with van der Waals surface area (Å²) in [4.78, 5) is 7.02. The van der Waals surface area contributed by atoms with Crippen molar-refractivity contribution < 1.29 is 9.47 Å². The predicted molar refractivity (Wildman–Crippen MR) is 88.5 cm³/mol. The summed E-state index contributed by atoms with van der Waals surface area (Å²) in [5.74, 6) is 1.87. The average Bonchev–Trinajstić information content (AvgIpc) is 2.50. The largest absolute Gasteiger partial charge is 0.385 e. The Kier molecular flexibility index (Phi) is 8.66. The van der Waals surface area contributed by atoms with Crippen LogP contribution in [0.1, 0.15) is 37.4 Å². The van der Waals surface area contributed by atoms with Gasteiger partial charge in [0.25, 0.3) is 0 Å². The molecule has 0 radical (unpaired) electrons. The van der Waals surface area contributed by atoms with Crippen LogP contribution >= 0.6 is 11.6 Å². The quantitative estimate of drug-likeness (QED) is 0.489. The summed E-state index contributed by atoms with van der Waals surface area (Å²) in [6.07, 6.45) is 0.962. The molecule has 4 nitrogen and oxygen atoms in total. The molecule has 0 spiro atoms. The van der Waals surface area contributed by atoms with E-state index in [1.54, 1.807) is 14.2 Å². The number of pyridine rings is 1. The SMILES string of the molecule is COCCCN(CCOC)c1cc(CCl)cc(C(C)C)n1. The lowest BCUT2D eigenvalue weighted by atomic mass is 10.1. The molecule has 0 N–H and O–H groups in total. The maximum absolute atomic E-state index is 6.02. The van der Waals surface area contributed by atoms with Crippen molar-refractivity contribution in [2.75, 3.05) is 45.4 Å². The lowest BCUT2D eigenvalue weighted by Gasteiger charge is -2.25. The number of rotatable bonds is 10. The molecule has 1 rings (SSSR count). The van der Waals surface area contributed by atoms with E-state index in [9.17, 15) is 0 Å². The fourth-order valence-electron chi connectivity index (χ4n) is 2.07. The summed E-state index contributed by atoms with van der Waals surface area (Å²) in [6.45, 7) is 7.43. The molecule has 0 amide bonds. The molecule has 0 aliphatic heterocycles. The van der Waals surface area contributed by atoms with Crippen LogP contribution in [-0.2, 0) is 15.4 Å². The number of hydrogen-bond donors (Lipinski definition) is 0. The van der Waals surface area contributed by atoms with Crippen LogP contribution in [0, 0.1) is 0 Å². The van der Waals surface area contributed by atoms with Gasteiger partial charge in [0.2, 0.25) is 0 Å². The second-order valence-corrected chi connectivity index (χ2v) is 5.64. The van der Waals surface area contributed by atoms with Crippen LogP contribution in [0.2, 0.25) is 0 Å². The molecular formula is C16H27ClN2O2. The Hall–Kier alpha value is -0.840. The number of methoxy groups -OCH3 is 2. The van der Waals surface area contributed by atoms with Gasteiger partial charge in [0.15, 0.2) is 0 Å². The number of halogens is 1. The highest BCUT2D eigenvalue weighted by Crippen LogP contribution is 2.21. The first-order chi connectivity index (χ1) is 10.1. The second-order valence-electron chi connectivity index (χ2n) is 5.37. The number of hydrogen-bond acceptors (Lipinski definition) is 4. The van der Waals surface area contributed by atoms with E-state index in [2.05, 4.69) is 30.9 Å². The molecule has 0 aliphatic carbocycles. The Balaban J connectivity index is 2.94. The van der Waals surface area contributed by atoms with Crippen molar-refractivity contribution in [1.29, 1.82) is 0 Å². The molecule has 5 heteroatoms. The Morgan fingerprint density at radius 2 is 1.86 bits per heavy atom. The highest BCUT2D eigenvalue weighted by atomic mass is 35.5. The van der Waals surface area contributed by atoms with E-state index >= 15 is 0 Å². The van der Waals surface area contributed by atoms with E-state index in [1.165, 1.54) is 0 Å². The summed E-state index contributed by atoms with van der Waals surface area (Å²) < 4.78 is 10.3. The van der Waals surface area contributed by atoms with Crippen LogP contribution < -0.4 is 4.90 Å². The van der Waals surface area contributed by atoms with E-state index in [1.807, 2.05) is 0 Å². The van der Waals surface area contributed by atoms with E-state index < -0.39 is 0 Å². The lowest BCUT2D eigenvalue weighted by molar-refractivity contribution is 0.191. The van der Waals surface area contributed by atoms with Crippen LogP contribution in [0.5, 0.6) is 0 Å². The zero-order chi connectivity index (χ0) is 15.7. The minimum atomic E-state index is 0.384. The normalized spacial score (nSPS) is 11.1. The summed E-state index contributed by atoms with van der Waals surface area (Å²) >= 11 is 6.02. The molecule has 0 atom stereocenters. The van der Waals surface area contributed by atoms with Crippen LogP contribution in [0.15, 0.2) is 12.1 Å². The van der Waals surface area contributed by atoms with Crippen LogP contribution in [0.3, 0.4) is 0 Å². The van der Waals surface area contributed by atoms with E-state index in [4.69, 9.17) is 26.1 Å². The molecule has 0 aliphatic rings. The molecule has 0 unspecified atom stereocenters. The fraction of sp³-hybridized carbons (Fsp3) is 0.688. The van der Waals surface area contributed by atoms with Crippen LogP contribution in [0.4, 0.5) is 5.82 Å². The maximum atomic E-state index is 6.02. The van der Waals surface area contributed by atoms with Gasteiger partial charge in [-0.3, -0.25) is 0 Å². The summed E-state index contributed by atoms with van der Waals surface area (Å²) in [7, 11) is 3.44. The monoisotopic (exact) mass is 314 g/mol. The minimum absolute atomic E-state index is 0.384. The third-order valence-electron chi connectivity index (χ3n) is 3.30. The van der Waals surface area contributed by atoms with Crippen molar-refractivity contribution in [3.8, 4) is 0 Å². The molecule has 1 heterocycles. The molecule has 1 aromatic rings. The molecule has 21 heavy (non-hydrogen) atoms.